The Bertz CT molecular complexity index is 627. The van der Waals surface area contributed by atoms with E-state index in [1.54, 1.807) is 0 Å². The number of nitrogens with zero attached hydrogens (tertiary/aromatic N) is 4. The summed E-state index contributed by atoms with van der Waals surface area (Å²) in [6.07, 6.45) is 3.12. The Balaban J connectivity index is 2.15. The van der Waals surface area contributed by atoms with Gasteiger partial charge in [0, 0.05) is 25.0 Å². The number of aryl methyl sites for hydroxylation is 1. The second-order valence-electron chi connectivity index (χ2n) is 6.57. The highest BCUT2D eigenvalue weighted by atomic mass is 16.1. The zero-order chi connectivity index (χ0) is 17.7. The second-order valence-corrected chi connectivity index (χ2v) is 6.57. The van der Waals surface area contributed by atoms with E-state index in [2.05, 4.69) is 26.5 Å². The lowest BCUT2D eigenvalue weighted by molar-refractivity contribution is -0.126. The molecule has 1 amide bonds. The lowest BCUT2D eigenvalue weighted by Crippen LogP contribution is -2.43. The third-order valence-electron chi connectivity index (χ3n) is 4.54. The van der Waals surface area contributed by atoms with Gasteiger partial charge in [0.05, 0.1) is 5.69 Å². The van der Waals surface area contributed by atoms with Gasteiger partial charge in [-0.2, -0.15) is 10.4 Å². The van der Waals surface area contributed by atoms with E-state index >= 15 is 0 Å². The van der Waals surface area contributed by atoms with Crippen LogP contribution in [0.15, 0.2) is 0 Å². The molecule has 1 aromatic rings. The number of carbonyl (C=O) groups is 1. The maximum Gasteiger partial charge on any atom is 0.223 e. The first-order valence-corrected chi connectivity index (χ1v) is 8.85. The van der Waals surface area contributed by atoms with Crippen molar-refractivity contribution in [2.75, 3.05) is 18.0 Å². The number of carbonyl (C=O) groups excluding carboxylic acids is 1. The normalized spacial score (nSPS) is 15.4. The average molecular weight is 329 g/mol. The molecule has 0 aliphatic carbocycles. The Labute approximate surface area is 144 Å². The molecule has 1 N–H and O–H groups in total. The molecule has 24 heavy (non-hydrogen) atoms. The molecular weight excluding hydrogens is 302 g/mol. The standard InChI is InChI=1S/C18H27N5O/c1-5-14-15(11-19)17(22-21-16(14)6-2)23-9-7-13(8-10-23)18(24)20-12(3)4/h12-13H,5-10H2,1-4H3,(H,20,24). The van der Waals surface area contributed by atoms with Crippen LogP contribution in [-0.2, 0) is 17.6 Å². The smallest absolute Gasteiger partial charge is 0.223 e. The van der Waals surface area contributed by atoms with Crippen LogP contribution in [0.4, 0.5) is 5.82 Å². The minimum atomic E-state index is 0.0442. The van der Waals surface area contributed by atoms with Gasteiger partial charge in [0.15, 0.2) is 5.82 Å². The third kappa shape index (κ3) is 3.84. The maximum atomic E-state index is 12.1. The number of piperidine rings is 1. The predicted molar refractivity (Wildman–Crippen MR) is 93.7 cm³/mol. The Morgan fingerprint density at radius 2 is 1.96 bits per heavy atom. The van der Waals surface area contributed by atoms with E-state index in [1.165, 1.54) is 0 Å². The van der Waals surface area contributed by atoms with Gasteiger partial charge in [0.25, 0.3) is 0 Å². The van der Waals surface area contributed by atoms with E-state index < -0.39 is 0 Å². The van der Waals surface area contributed by atoms with Crippen LogP contribution in [-0.4, -0.2) is 35.2 Å². The lowest BCUT2D eigenvalue weighted by atomic mass is 9.95. The first-order chi connectivity index (χ1) is 11.5. The van der Waals surface area contributed by atoms with Crippen molar-refractivity contribution in [3.8, 4) is 6.07 Å². The van der Waals surface area contributed by atoms with Gasteiger partial charge < -0.3 is 10.2 Å². The third-order valence-corrected chi connectivity index (χ3v) is 4.54. The van der Waals surface area contributed by atoms with Gasteiger partial charge in [0.1, 0.15) is 11.6 Å². The van der Waals surface area contributed by atoms with Crippen molar-refractivity contribution in [2.45, 2.75) is 59.4 Å². The monoisotopic (exact) mass is 329 g/mol. The van der Waals surface area contributed by atoms with Gasteiger partial charge in [-0.05, 0) is 45.1 Å². The van der Waals surface area contributed by atoms with E-state index in [1.807, 2.05) is 27.7 Å². The summed E-state index contributed by atoms with van der Waals surface area (Å²) in [7, 11) is 0. The van der Waals surface area contributed by atoms with E-state index in [-0.39, 0.29) is 17.9 Å². The van der Waals surface area contributed by atoms with E-state index in [4.69, 9.17) is 0 Å². The molecule has 2 heterocycles. The number of amides is 1. The van der Waals surface area contributed by atoms with Gasteiger partial charge >= 0.3 is 0 Å². The van der Waals surface area contributed by atoms with Crippen molar-refractivity contribution in [2.24, 2.45) is 5.92 Å². The largest absolute Gasteiger partial charge is 0.354 e. The molecule has 2 rings (SSSR count). The number of nitriles is 1. The lowest BCUT2D eigenvalue weighted by Gasteiger charge is -2.33. The highest BCUT2D eigenvalue weighted by Crippen LogP contribution is 2.27. The molecule has 1 fully saturated rings. The maximum absolute atomic E-state index is 12.1. The fourth-order valence-corrected chi connectivity index (χ4v) is 3.26. The number of nitrogens with one attached hydrogen (secondary N) is 1. The minimum Gasteiger partial charge on any atom is -0.354 e. The predicted octanol–water partition coefficient (Wildman–Crippen LogP) is 2.21. The topological polar surface area (TPSA) is 81.9 Å². The summed E-state index contributed by atoms with van der Waals surface area (Å²) in [6.45, 7) is 9.49. The average Bonchev–Trinajstić information content (AvgIpc) is 2.59. The first-order valence-electron chi connectivity index (χ1n) is 8.85. The van der Waals surface area contributed by atoms with Gasteiger partial charge in [0.2, 0.25) is 5.91 Å². The van der Waals surface area contributed by atoms with Crippen LogP contribution >= 0.6 is 0 Å². The molecule has 0 aromatic carbocycles. The molecule has 1 aromatic heterocycles. The van der Waals surface area contributed by atoms with Crippen molar-refractivity contribution < 1.29 is 4.79 Å². The molecule has 0 radical (unpaired) electrons. The molecule has 6 nitrogen and oxygen atoms in total. The van der Waals surface area contributed by atoms with Crippen LogP contribution in [0.25, 0.3) is 0 Å². The summed E-state index contributed by atoms with van der Waals surface area (Å²) in [5.74, 6) is 0.851. The van der Waals surface area contributed by atoms with Crippen LogP contribution in [0.5, 0.6) is 0 Å². The number of anilines is 1. The highest BCUT2D eigenvalue weighted by molar-refractivity contribution is 5.79. The van der Waals surface area contributed by atoms with E-state index in [0.717, 1.165) is 50.0 Å². The number of hydrogen-bond donors (Lipinski definition) is 1. The van der Waals surface area contributed by atoms with Gasteiger partial charge in [-0.1, -0.05) is 13.8 Å². The molecule has 130 valence electrons. The van der Waals surface area contributed by atoms with E-state index in [0.29, 0.717) is 11.4 Å². The molecule has 0 spiro atoms. The van der Waals surface area contributed by atoms with Gasteiger partial charge in [-0.25, -0.2) is 0 Å². The summed E-state index contributed by atoms with van der Waals surface area (Å²) in [5, 5.41) is 21.2. The summed E-state index contributed by atoms with van der Waals surface area (Å²) >= 11 is 0. The summed E-state index contributed by atoms with van der Waals surface area (Å²) in [4.78, 5) is 14.2. The molecule has 0 saturated carbocycles. The van der Waals surface area contributed by atoms with Crippen molar-refractivity contribution in [3.63, 3.8) is 0 Å². The van der Waals surface area contributed by atoms with Gasteiger partial charge in [-0.15, -0.1) is 5.10 Å². The van der Waals surface area contributed by atoms with E-state index in [9.17, 15) is 10.1 Å². The van der Waals surface area contributed by atoms with Crippen LogP contribution in [0, 0.1) is 17.2 Å². The fourth-order valence-electron chi connectivity index (χ4n) is 3.26. The van der Waals surface area contributed by atoms with Crippen molar-refractivity contribution in [3.05, 3.63) is 16.8 Å². The minimum absolute atomic E-state index is 0.0442. The molecule has 1 saturated heterocycles. The zero-order valence-corrected chi connectivity index (χ0v) is 15.1. The molecule has 0 unspecified atom stereocenters. The summed E-state index contributed by atoms with van der Waals surface area (Å²) in [6, 6.07) is 2.49. The molecular formula is C18H27N5O. The molecule has 1 aliphatic heterocycles. The number of rotatable bonds is 5. The second kappa shape index (κ2) is 8.09. The highest BCUT2D eigenvalue weighted by Gasteiger charge is 2.28. The Morgan fingerprint density at radius 1 is 1.29 bits per heavy atom. The fraction of sp³-hybridized carbons (Fsp3) is 0.667. The van der Waals surface area contributed by atoms with Crippen LogP contribution in [0.2, 0.25) is 0 Å². The van der Waals surface area contributed by atoms with Crippen molar-refractivity contribution in [1.82, 2.24) is 15.5 Å². The number of aromatic nitrogens is 2. The molecule has 0 atom stereocenters. The first kappa shape index (κ1) is 18.2. The summed E-state index contributed by atoms with van der Waals surface area (Å²) in [5.41, 5.74) is 2.56. The molecule has 1 aliphatic rings. The molecule has 6 heteroatoms. The zero-order valence-electron chi connectivity index (χ0n) is 15.1. The van der Waals surface area contributed by atoms with Crippen LogP contribution in [0.1, 0.15) is 57.4 Å². The quantitative estimate of drug-likeness (QED) is 0.895. The SMILES string of the molecule is CCc1nnc(N2CCC(C(=O)NC(C)C)CC2)c(C#N)c1CC. The Hall–Kier alpha value is -2.16. The number of hydrogen-bond acceptors (Lipinski definition) is 5. The molecule has 0 bridgehead atoms. The Kier molecular flexibility index (Phi) is 6.13. The van der Waals surface area contributed by atoms with Crippen molar-refractivity contribution in [1.29, 1.82) is 5.26 Å². The van der Waals surface area contributed by atoms with Crippen LogP contribution in [0.3, 0.4) is 0 Å². The summed E-state index contributed by atoms with van der Waals surface area (Å²) < 4.78 is 0. The van der Waals surface area contributed by atoms with Crippen LogP contribution < -0.4 is 10.2 Å². The van der Waals surface area contributed by atoms with Gasteiger partial charge in [-0.3, -0.25) is 4.79 Å². The van der Waals surface area contributed by atoms with Crippen molar-refractivity contribution >= 4 is 11.7 Å². The Morgan fingerprint density at radius 3 is 2.46 bits per heavy atom.